The van der Waals surface area contributed by atoms with Crippen LogP contribution in [0.2, 0.25) is 0 Å². The van der Waals surface area contributed by atoms with Crippen molar-refractivity contribution in [1.29, 1.82) is 0 Å². The summed E-state index contributed by atoms with van der Waals surface area (Å²) in [6.07, 6.45) is 6.15. The van der Waals surface area contributed by atoms with Crippen molar-refractivity contribution in [1.82, 2.24) is 9.97 Å². The van der Waals surface area contributed by atoms with Gasteiger partial charge in [-0.1, -0.05) is 26.2 Å². The maximum Gasteiger partial charge on any atom is 0.293 e. The van der Waals surface area contributed by atoms with Crippen molar-refractivity contribution in [3.63, 3.8) is 0 Å². The quantitative estimate of drug-likeness (QED) is 0.667. The smallest absolute Gasteiger partial charge is 0.293 e. The normalized spacial score (nSPS) is 21.3. The fourth-order valence-electron chi connectivity index (χ4n) is 3.33. The molecule has 2 atom stereocenters. The summed E-state index contributed by atoms with van der Waals surface area (Å²) in [5.41, 5.74) is 0.432. The third-order valence-corrected chi connectivity index (χ3v) is 4.80. The third-order valence-electron chi connectivity index (χ3n) is 4.80. The molecule has 1 aliphatic rings. The van der Waals surface area contributed by atoms with E-state index < -0.39 is 4.92 Å². The van der Waals surface area contributed by atoms with Gasteiger partial charge in [0.15, 0.2) is 0 Å². The van der Waals surface area contributed by atoms with Crippen molar-refractivity contribution in [3.05, 3.63) is 38.9 Å². The van der Waals surface area contributed by atoms with Crippen LogP contribution in [0.15, 0.2) is 23.3 Å². The summed E-state index contributed by atoms with van der Waals surface area (Å²) in [6, 6.07) is 2.89. The second-order valence-electron chi connectivity index (χ2n) is 6.28. The van der Waals surface area contributed by atoms with Crippen LogP contribution in [0.25, 0.3) is 10.9 Å². The lowest BCUT2D eigenvalue weighted by Crippen LogP contribution is -2.24. The number of H-pyrrole nitrogens is 1. The lowest BCUT2D eigenvalue weighted by Gasteiger charge is -2.29. The summed E-state index contributed by atoms with van der Waals surface area (Å²) in [6.45, 7) is 2.94. The molecule has 0 radical (unpaired) electrons. The van der Waals surface area contributed by atoms with E-state index in [0.717, 1.165) is 6.42 Å². The summed E-state index contributed by atoms with van der Waals surface area (Å²) in [4.78, 5) is 29.2. The van der Waals surface area contributed by atoms with E-state index in [1.54, 1.807) is 6.07 Å². The molecular formula is C16H20N4O3. The van der Waals surface area contributed by atoms with Gasteiger partial charge in [0, 0.05) is 12.6 Å². The Morgan fingerprint density at radius 2 is 2.17 bits per heavy atom. The summed E-state index contributed by atoms with van der Waals surface area (Å²) >= 11 is 0. The number of fused-ring (bicyclic) bond motifs is 1. The zero-order chi connectivity index (χ0) is 16.4. The molecule has 3 rings (SSSR count). The van der Waals surface area contributed by atoms with Gasteiger partial charge in [0.25, 0.3) is 11.2 Å². The number of rotatable bonds is 4. The molecule has 0 bridgehead atoms. The van der Waals surface area contributed by atoms with Gasteiger partial charge in [0.05, 0.1) is 22.2 Å². The Morgan fingerprint density at radius 1 is 1.39 bits per heavy atom. The maximum atomic E-state index is 11.8. The van der Waals surface area contributed by atoms with Gasteiger partial charge in [-0.25, -0.2) is 4.98 Å². The molecule has 0 aliphatic heterocycles. The van der Waals surface area contributed by atoms with E-state index in [1.165, 1.54) is 31.7 Å². The molecule has 1 aromatic carbocycles. The second kappa shape index (κ2) is 6.36. The first-order valence-corrected chi connectivity index (χ1v) is 7.96. The Kier molecular flexibility index (Phi) is 4.27. The van der Waals surface area contributed by atoms with Crippen LogP contribution in [0.3, 0.4) is 0 Å². The van der Waals surface area contributed by atoms with Crippen molar-refractivity contribution in [3.8, 4) is 0 Å². The largest absolute Gasteiger partial charge is 0.379 e. The summed E-state index contributed by atoms with van der Waals surface area (Å²) in [7, 11) is 0. The first kappa shape index (κ1) is 15.5. The van der Waals surface area contributed by atoms with Crippen molar-refractivity contribution in [2.45, 2.75) is 32.6 Å². The average Bonchev–Trinajstić information content (AvgIpc) is 2.53. The van der Waals surface area contributed by atoms with Gasteiger partial charge in [-0.3, -0.25) is 14.9 Å². The third kappa shape index (κ3) is 3.18. The molecule has 2 aromatic rings. The van der Waals surface area contributed by atoms with Crippen molar-refractivity contribution >= 4 is 22.3 Å². The predicted octanol–water partition coefficient (Wildman–Crippen LogP) is 3.07. The SMILES string of the molecule is CC1CCCCC1CNc1cc2nc[nH]c(=O)c2cc1[N+](=O)[O-]. The highest BCUT2D eigenvalue weighted by Crippen LogP contribution is 2.32. The molecule has 0 saturated heterocycles. The molecule has 0 amide bonds. The number of nitrogens with one attached hydrogen (secondary N) is 2. The number of nitrogens with zero attached hydrogens (tertiary/aromatic N) is 2. The van der Waals surface area contributed by atoms with E-state index in [9.17, 15) is 14.9 Å². The molecule has 23 heavy (non-hydrogen) atoms. The minimum atomic E-state index is -0.460. The summed E-state index contributed by atoms with van der Waals surface area (Å²) < 4.78 is 0. The fraction of sp³-hybridized carbons (Fsp3) is 0.500. The Balaban J connectivity index is 1.91. The Hall–Kier alpha value is -2.44. The molecule has 122 valence electrons. The molecule has 1 heterocycles. The lowest BCUT2D eigenvalue weighted by atomic mass is 9.80. The van der Waals surface area contributed by atoms with Gasteiger partial charge in [-0.2, -0.15) is 0 Å². The molecule has 7 heteroatoms. The first-order chi connectivity index (χ1) is 11.1. The number of aromatic amines is 1. The van der Waals surface area contributed by atoms with Crippen LogP contribution < -0.4 is 10.9 Å². The predicted molar refractivity (Wildman–Crippen MR) is 88.6 cm³/mol. The Labute approximate surface area is 133 Å². The van der Waals surface area contributed by atoms with Crippen molar-refractivity contribution in [2.75, 3.05) is 11.9 Å². The molecule has 2 N–H and O–H groups in total. The van der Waals surface area contributed by atoms with Gasteiger partial charge in [-0.15, -0.1) is 0 Å². The fourth-order valence-corrected chi connectivity index (χ4v) is 3.33. The first-order valence-electron chi connectivity index (χ1n) is 7.96. The van der Waals surface area contributed by atoms with Crippen molar-refractivity contribution < 1.29 is 4.92 Å². The van der Waals surface area contributed by atoms with Gasteiger partial charge in [0.2, 0.25) is 0 Å². The summed E-state index contributed by atoms with van der Waals surface area (Å²) in [5, 5.41) is 14.8. The van der Waals surface area contributed by atoms with Gasteiger partial charge in [-0.05, 0) is 24.3 Å². The average molecular weight is 316 g/mol. The minimum Gasteiger partial charge on any atom is -0.379 e. The molecule has 0 spiro atoms. The van der Waals surface area contributed by atoms with Gasteiger partial charge >= 0.3 is 0 Å². The highest BCUT2D eigenvalue weighted by molar-refractivity contribution is 5.86. The van der Waals surface area contributed by atoms with E-state index in [4.69, 9.17) is 0 Å². The van der Waals surface area contributed by atoms with Crippen LogP contribution >= 0.6 is 0 Å². The van der Waals surface area contributed by atoms with Crippen LogP contribution in [0.1, 0.15) is 32.6 Å². The van der Waals surface area contributed by atoms with E-state index in [-0.39, 0.29) is 16.6 Å². The van der Waals surface area contributed by atoms with Gasteiger partial charge < -0.3 is 10.3 Å². The number of nitro benzene ring substituents is 1. The van der Waals surface area contributed by atoms with Crippen LogP contribution in [-0.2, 0) is 0 Å². The van der Waals surface area contributed by atoms with Crippen LogP contribution in [-0.4, -0.2) is 21.4 Å². The zero-order valence-electron chi connectivity index (χ0n) is 13.0. The molecule has 7 nitrogen and oxygen atoms in total. The second-order valence-corrected chi connectivity index (χ2v) is 6.28. The van der Waals surface area contributed by atoms with Crippen LogP contribution in [0, 0.1) is 22.0 Å². The number of anilines is 1. The van der Waals surface area contributed by atoms with E-state index in [1.807, 2.05) is 0 Å². The van der Waals surface area contributed by atoms with E-state index in [2.05, 4.69) is 22.2 Å². The number of hydrogen-bond donors (Lipinski definition) is 2. The maximum absolute atomic E-state index is 11.8. The zero-order valence-corrected chi connectivity index (χ0v) is 13.0. The van der Waals surface area contributed by atoms with E-state index >= 15 is 0 Å². The number of aromatic nitrogens is 2. The highest BCUT2D eigenvalue weighted by Gasteiger charge is 2.23. The topological polar surface area (TPSA) is 101 Å². The molecule has 2 unspecified atom stereocenters. The Bertz CT molecular complexity index is 786. The molecule has 1 aromatic heterocycles. The van der Waals surface area contributed by atoms with Gasteiger partial charge in [0.1, 0.15) is 5.69 Å². The molecule has 1 saturated carbocycles. The monoisotopic (exact) mass is 316 g/mol. The molecular weight excluding hydrogens is 296 g/mol. The standard InChI is InChI=1S/C16H20N4O3/c1-10-4-2-3-5-11(10)8-17-14-7-13-12(6-15(14)20(22)23)16(21)19-9-18-13/h6-7,9-11,17H,2-5,8H2,1H3,(H,18,19,21). The number of hydrogen-bond acceptors (Lipinski definition) is 5. The lowest BCUT2D eigenvalue weighted by molar-refractivity contribution is -0.383. The van der Waals surface area contributed by atoms with E-state index in [0.29, 0.717) is 29.6 Å². The number of benzene rings is 1. The van der Waals surface area contributed by atoms with Crippen molar-refractivity contribution in [2.24, 2.45) is 11.8 Å². The number of nitro groups is 1. The minimum absolute atomic E-state index is 0.0838. The molecule has 1 aliphatic carbocycles. The highest BCUT2D eigenvalue weighted by atomic mass is 16.6. The Morgan fingerprint density at radius 3 is 2.91 bits per heavy atom. The van der Waals surface area contributed by atoms with Crippen LogP contribution in [0.5, 0.6) is 0 Å². The van der Waals surface area contributed by atoms with Crippen LogP contribution in [0.4, 0.5) is 11.4 Å². The summed E-state index contributed by atoms with van der Waals surface area (Å²) in [5.74, 6) is 1.14. The molecule has 1 fully saturated rings.